The van der Waals surface area contributed by atoms with E-state index in [9.17, 15) is 14.7 Å². The van der Waals surface area contributed by atoms with E-state index in [0.717, 1.165) is 13.1 Å². The second-order valence-corrected chi connectivity index (χ2v) is 7.53. The highest BCUT2D eigenvalue weighted by molar-refractivity contribution is 6.46. The van der Waals surface area contributed by atoms with Gasteiger partial charge in [0.2, 0.25) is 6.79 Å². The highest BCUT2D eigenvalue weighted by Gasteiger charge is 2.47. The van der Waals surface area contributed by atoms with E-state index in [0.29, 0.717) is 49.1 Å². The lowest BCUT2D eigenvalue weighted by atomic mass is 9.99. The number of hydrogen-bond acceptors (Lipinski definition) is 8. The Hall–Kier alpha value is -3.30. The van der Waals surface area contributed by atoms with Gasteiger partial charge in [0.1, 0.15) is 17.6 Å². The van der Waals surface area contributed by atoms with Crippen LogP contribution in [-0.4, -0.2) is 72.8 Å². The van der Waals surface area contributed by atoms with Gasteiger partial charge in [-0.15, -0.1) is 0 Å². The van der Waals surface area contributed by atoms with Crippen molar-refractivity contribution in [2.75, 3.05) is 46.2 Å². The summed E-state index contributed by atoms with van der Waals surface area (Å²) in [5.74, 6) is -0.212. The maximum Gasteiger partial charge on any atom is 0.295 e. The Morgan fingerprint density at radius 2 is 1.87 bits per heavy atom. The monoisotopic (exact) mass is 426 g/mol. The predicted octanol–water partition coefficient (Wildman–Crippen LogP) is 1.76. The SMILES string of the molecule is O=C1C(=O)N(CCN2CCOCC2)C(c2ccco2)/C1=C(\O)c1ccc2c(c1)OCO2. The number of aliphatic hydroxyl groups excluding tert-OH is 1. The third-order valence-electron chi connectivity index (χ3n) is 5.76. The van der Waals surface area contributed by atoms with Crippen molar-refractivity contribution in [2.45, 2.75) is 6.04 Å². The van der Waals surface area contributed by atoms with Gasteiger partial charge in [-0.1, -0.05) is 0 Å². The second kappa shape index (κ2) is 8.09. The zero-order valence-electron chi connectivity index (χ0n) is 16.8. The molecule has 1 amide bonds. The fraction of sp³-hybridized carbons (Fsp3) is 0.364. The Morgan fingerprint density at radius 1 is 1.06 bits per heavy atom. The highest BCUT2D eigenvalue weighted by Crippen LogP contribution is 2.41. The van der Waals surface area contributed by atoms with Gasteiger partial charge < -0.3 is 28.6 Å². The molecule has 5 rings (SSSR count). The summed E-state index contributed by atoms with van der Waals surface area (Å²) in [5.41, 5.74) is 0.368. The van der Waals surface area contributed by atoms with Crippen LogP contribution >= 0.6 is 0 Å². The number of aliphatic hydroxyl groups is 1. The minimum atomic E-state index is -0.804. The predicted molar refractivity (Wildman–Crippen MR) is 108 cm³/mol. The standard InChI is InChI=1S/C22H22N2O7/c25-20(14-3-4-15-17(12-14)31-13-30-15)18-19(16-2-1-9-29-16)24(22(27)21(18)26)6-5-23-7-10-28-11-8-23/h1-4,9,12,19,25H,5-8,10-11,13H2/b20-18+. The maximum absolute atomic E-state index is 13.0. The summed E-state index contributed by atoms with van der Waals surface area (Å²) in [6, 6.07) is 7.47. The van der Waals surface area contributed by atoms with Crippen LogP contribution in [0.2, 0.25) is 0 Å². The van der Waals surface area contributed by atoms with Crippen molar-refractivity contribution in [3.63, 3.8) is 0 Å². The van der Waals surface area contributed by atoms with Crippen molar-refractivity contribution in [3.8, 4) is 11.5 Å². The summed E-state index contributed by atoms with van der Waals surface area (Å²) in [5, 5.41) is 11.1. The number of amides is 1. The summed E-state index contributed by atoms with van der Waals surface area (Å²) in [7, 11) is 0. The molecule has 3 aliphatic rings. The average molecular weight is 426 g/mol. The first kappa shape index (κ1) is 19.7. The van der Waals surface area contributed by atoms with Crippen LogP contribution in [0.4, 0.5) is 0 Å². The largest absolute Gasteiger partial charge is 0.507 e. The molecule has 0 aliphatic carbocycles. The van der Waals surface area contributed by atoms with Gasteiger partial charge in [0.15, 0.2) is 11.5 Å². The third kappa shape index (κ3) is 3.55. The molecular weight excluding hydrogens is 404 g/mol. The van der Waals surface area contributed by atoms with Crippen LogP contribution in [0.25, 0.3) is 5.76 Å². The van der Waals surface area contributed by atoms with Crippen molar-refractivity contribution in [1.29, 1.82) is 0 Å². The summed E-state index contributed by atoms with van der Waals surface area (Å²) in [6.07, 6.45) is 1.48. The van der Waals surface area contributed by atoms with Gasteiger partial charge in [-0.2, -0.15) is 0 Å². The Labute approximate surface area is 178 Å². The number of carbonyl (C=O) groups is 2. The number of ketones is 1. The van der Waals surface area contributed by atoms with Crippen LogP contribution in [0.5, 0.6) is 11.5 Å². The number of likely N-dealkylation sites (tertiary alicyclic amines) is 1. The molecule has 2 aromatic rings. The number of furan rings is 1. The molecule has 0 bridgehead atoms. The molecule has 9 heteroatoms. The quantitative estimate of drug-likeness (QED) is 0.439. The molecule has 1 unspecified atom stereocenters. The molecule has 1 atom stereocenters. The smallest absolute Gasteiger partial charge is 0.295 e. The summed E-state index contributed by atoms with van der Waals surface area (Å²) in [6.45, 7) is 3.84. The Kier molecular flexibility index (Phi) is 5.13. The minimum Gasteiger partial charge on any atom is -0.507 e. The van der Waals surface area contributed by atoms with E-state index in [4.69, 9.17) is 18.6 Å². The van der Waals surface area contributed by atoms with Crippen molar-refractivity contribution in [2.24, 2.45) is 0 Å². The number of rotatable bonds is 5. The molecule has 1 N–H and O–H groups in total. The van der Waals surface area contributed by atoms with Crippen LogP contribution in [0.3, 0.4) is 0 Å². The number of fused-ring (bicyclic) bond motifs is 1. The van der Waals surface area contributed by atoms with Gasteiger partial charge >= 0.3 is 0 Å². The molecule has 3 aliphatic heterocycles. The van der Waals surface area contributed by atoms with E-state index in [1.54, 1.807) is 30.3 Å². The molecule has 0 radical (unpaired) electrons. The number of hydrogen-bond donors (Lipinski definition) is 1. The van der Waals surface area contributed by atoms with Crippen LogP contribution in [0.15, 0.2) is 46.6 Å². The molecule has 4 heterocycles. The summed E-state index contributed by atoms with van der Waals surface area (Å²) in [4.78, 5) is 29.5. The number of nitrogens with zero attached hydrogens (tertiary/aromatic N) is 2. The zero-order chi connectivity index (χ0) is 21.4. The average Bonchev–Trinajstić information content (AvgIpc) is 3.53. The van der Waals surface area contributed by atoms with E-state index in [-0.39, 0.29) is 18.1 Å². The van der Waals surface area contributed by atoms with Gasteiger partial charge in [0.25, 0.3) is 11.7 Å². The van der Waals surface area contributed by atoms with Gasteiger partial charge in [-0.3, -0.25) is 14.5 Å². The van der Waals surface area contributed by atoms with E-state index in [1.165, 1.54) is 11.2 Å². The number of ether oxygens (including phenoxy) is 3. The molecule has 2 fully saturated rings. The molecule has 0 saturated carbocycles. The lowest BCUT2D eigenvalue weighted by Gasteiger charge is -2.30. The fourth-order valence-corrected chi connectivity index (χ4v) is 4.13. The van der Waals surface area contributed by atoms with Crippen LogP contribution in [0.1, 0.15) is 17.4 Å². The minimum absolute atomic E-state index is 0.000734. The first-order valence-electron chi connectivity index (χ1n) is 10.2. The molecule has 162 valence electrons. The first-order valence-corrected chi connectivity index (χ1v) is 10.2. The van der Waals surface area contributed by atoms with Crippen LogP contribution in [-0.2, 0) is 14.3 Å². The summed E-state index contributed by atoms with van der Waals surface area (Å²) < 4.78 is 21.6. The first-order chi connectivity index (χ1) is 15.1. The molecule has 1 aromatic carbocycles. The maximum atomic E-state index is 13.0. The Morgan fingerprint density at radius 3 is 2.65 bits per heavy atom. The number of morpholine rings is 1. The number of carbonyl (C=O) groups excluding carboxylic acids is 2. The lowest BCUT2D eigenvalue weighted by molar-refractivity contribution is -0.140. The van der Waals surface area contributed by atoms with Crippen LogP contribution in [0, 0.1) is 0 Å². The second-order valence-electron chi connectivity index (χ2n) is 7.53. The van der Waals surface area contributed by atoms with Crippen LogP contribution < -0.4 is 9.47 Å². The molecule has 31 heavy (non-hydrogen) atoms. The van der Waals surface area contributed by atoms with E-state index >= 15 is 0 Å². The summed E-state index contributed by atoms with van der Waals surface area (Å²) >= 11 is 0. The Bertz CT molecular complexity index is 1020. The topological polar surface area (TPSA) is 102 Å². The van der Waals surface area contributed by atoms with Gasteiger partial charge in [-0.25, -0.2) is 0 Å². The van der Waals surface area contributed by atoms with E-state index in [2.05, 4.69) is 4.90 Å². The molecule has 9 nitrogen and oxygen atoms in total. The molecule has 2 saturated heterocycles. The van der Waals surface area contributed by atoms with Gasteiger partial charge in [0, 0.05) is 31.7 Å². The van der Waals surface area contributed by atoms with Crippen molar-refractivity contribution in [1.82, 2.24) is 9.80 Å². The van der Waals surface area contributed by atoms with E-state index in [1.807, 2.05) is 0 Å². The van der Waals surface area contributed by atoms with Crippen molar-refractivity contribution < 1.29 is 33.3 Å². The highest BCUT2D eigenvalue weighted by atomic mass is 16.7. The normalized spacial score (nSPS) is 23.0. The zero-order valence-corrected chi connectivity index (χ0v) is 16.8. The van der Waals surface area contributed by atoms with E-state index < -0.39 is 17.7 Å². The molecule has 1 aromatic heterocycles. The van der Waals surface area contributed by atoms with Crippen molar-refractivity contribution >= 4 is 17.4 Å². The van der Waals surface area contributed by atoms with Gasteiger partial charge in [-0.05, 0) is 30.3 Å². The van der Waals surface area contributed by atoms with Crippen molar-refractivity contribution in [3.05, 3.63) is 53.5 Å². The molecule has 0 spiro atoms. The fourth-order valence-electron chi connectivity index (χ4n) is 4.13. The Balaban J connectivity index is 1.50. The third-order valence-corrected chi connectivity index (χ3v) is 5.76. The number of Topliss-reactive ketones (excluding diaryl/α,β-unsaturated/α-hetero) is 1. The van der Waals surface area contributed by atoms with Gasteiger partial charge in [0.05, 0.1) is 25.1 Å². The lowest BCUT2D eigenvalue weighted by Crippen LogP contribution is -2.42. The number of benzene rings is 1. The molecular formula is C22H22N2O7.